The molecule has 0 saturated heterocycles. The quantitative estimate of drug-likeness (QED) is 0.103. The molecule has 0 spiro atoms. The molecule has 0 unspecified atom stereocenters. The number of aromatic hydroxyl groups is 1. The van der Waals surface area contributed by atoms with E-state index in [2.05, 4.69) is 12.1 Å². The molecule has 1 rings (SSSR count). The molecular formula is C26H45NO3. The number of nitrogens with zero attached hydrogens (tertiary/aromatic N) is 1. The van der Waals surface area contributed by atoms with Crippen LogP contribution in [-0.2, 0) is 0 Å². The lowest BCUT2D eigenvalue weighted by Crippen LogP contribution is -1.99. The summed E-state index contributed by atoms with van der Waals surface area (Å²) in [6, 6.07) is 5.10. The number of ether oxygens (including phenoxy) is 1. The Kier molecular flexibility index (Phi) is 15.9. The van der Waals surface area contributed by atoms with E-state index in [9.17, 15) is 5.11 Å². The van der Waals surface area contributed by atoms with Gasteiger partial charge in [-0.1, -0.05) is 108 Å². The lowest BCUT2D eigenvalue weighted by molar-refractivity contribution is 0.302. The van der Waals surface area contributed by atoms with Crippen LogP contribution in [0.4, 0.5) is 0 Å². The first-order chi connectivity index (χ1) is 14.7. The molecule has 1 aromatic rings. The number of hydrogen-bond donors (Lipinski definition) is 2. The number of hydrogen-bond acceptors (Lipinski definition) is 4. The molecule has 30 heavy (non-hydrogen) atoms. The third-order valence-corrected chi connectivity index (χ3v) is 5.78. The average Bonchev–Trinajstić information content (AvgIpc) is 2.75. The Balaban J connectivity index is 1.88. The van der Waals surface area contributed by atoms with Crippen molar-refractivity contribution in [2.75, 3.05) is 6.61 Å². The van der Waals surface area contributed by atoms with E-state index in [1.165, 1.54) is 96.3 Å². The molecule has 0 radical (unpaired) electrons. The van der Waals surface area contributed by atoms with Crippen molar-refractivity contribution in [3.63, 3.8) is 0 Å². The van der Waals surface area contributed by atoms with E-state index >= 15 is 0 Å². The van der Waals surface area contributed by atoms with E-state index in [-0.39, 0.29) is 5.75 Å². The van der Waals surface area contributed by atoms with Gasteiger partial charge in [-0.15, -0.1) is 0 Å². The summed E-state index contributed by atoms with van der Waals surface area (Å²) >= 11 is 0. The van der Waals surface area contributed by atoms with Gasteiger partial charge < -0.3 is 15.1 Å². The molecule has 0 saturated carbocycles. The maximum absolute atomic E-state index is 9.96. The summed E-state index contributed by atoms with van der Waals surface area (Å²) in [7, 11) is 0. The summed E-state index contributed by atoms with van der Waals surface area (Å²) in [5, 5.41) is 21.9. The van der Waals surface area contributed by atoms with Gasteiger partial charge in [-0.2, -0.15) is 0 Å². The Morgan fingerprint density at radius 3 is 1.67 bits per heavy atom. The van der Waals surface area contributed by atoms with E-state index in [4.69, 9.17) is 9.94 Å². The zero-order chi connectivity index (χ0) is 21.9. The second-order valence-corrected chi connectivity index (χ2v) is 8.52. The SMILES string of the molecule is CCCCCCCCCCCCCCCCCCOc1ccc(/C(C)=N\O)c(O)c1. The normalized spacial score (nSPS) is 11.7. The first kappa shape index (κ1) is 26.3. The van der Waals surface area contributed by atoms with Crippen LogP contribution in [0.3, 0.4) is 0 Å². The van der Waals surface area contributed by atoms with E-state index in [1.54, 1.807) is 25.1 Å². The number of oxime groups is 1. The molecule has 0 fully saturated rings. The third kappa shape index (κ3) is 12.8. The fraction of sp³-hybridized carbons (Fsp3) is 0.731. The van der Waals surface area contributed by atoms with E-state index < -0.39 is 0 Å². The summed E-state index contributed by atoms with van der Waals surface area (Å²) in [6.45, 7) is 4.59. The van der Waals surface area contributed by atoms with Crippen LogP contribution in [0.2, 0.25) is 0 Å². The number of phenolic OH excluding ortho intramolecular Hbond substituents is 1. The van der Waals surface area contributed by atoms with Crippen molar-refractivity contribution < 1.29 is 15.1 Å². The molecule has 1 aromatic carbocycles. The topological polar surface area (TPSA) is 62.0 Å². The Labute approximate surface area is 184 Å². The van der Waals surface area contributed by atoms with E-state index in [1.807, 2.05) is 0 Å². The molecule has 0 aliphatic carbocycles. The van der Waals surface area contributed by atoms with Crippen molar-refractivity contribution in [2.24, 2.45) is 5.16 Å². The van der Waals surface area contributed by atoms with Gasteiger partial charge in [0.1, 0.15) is 11.5 Å². The van der Waals surface area contributed by atoms with Crippen LogP contribution in [0.1, 0.15) is 122 Å². The number of unbranched alkanes of at least 4 members (excludes halogenated alkanes) is 15. The molecule has 0 aliphatic rings. The highest BCUT2D eigenvalue weighted by Gasteiger charge is 2.06. The Bertz CT molecular complexity index is 571. The summed E-state index contributed by atoms with van der Waals surface area (Å²) in [6.07, 6.45) is 21.7. The van der Waals surface area contributed by atoms with Gasteiger partial charge in [0, 0.05) is 11.6 Å². The largest absolute Gasteiger partial charge is 0.507 e. The average molecular weight is 420 g/mol. The fourth-order valence-electron chi connectivity index (χ4n) is 3.80. The minimum atomic E-state index is 0.0785. The van der Waals surface area contributed by atoms with Crippen molar-refractivity contribution in [3.8, 4) is 11.5 Å². The Morgan fingerprint density at radius 1 is 0.767 bits per heavy atom. The zero-order valence-electron chi connectivity index (χ0n) is 19.5. The molecule has 0 heterocycles. The first-order valence-electron chi connectivity index (χ1n) is 12.3. The van der Waals surface area contributed by atoms with Crippen molar-refractivity contribution in [3.05, 3.63) is 23.8 Å². The Morgan fingerprint density at radius 2 is 1.23 bits per heavy atom. The lowest BCUT2D eigenvalue weighted by Gasteiger charge is -2.09. The van der Waals surface area contributed by atoms with E-state index in [0.29, 0.717) is 23.6 Å². The third-order valence-electron chi connectivity index (χ3n) is 5.78. The molecule has 0 aliphatic heterocycles. The summed E-state index contributed by atoms with van der Waals surface area (Å²) in [5.74, 6) is 0.734. The number of benzene rings is 1. The van der Waals surface area contributed by atoms with Gasteiger partial charge in [0.15, 0.2) is 0 Å². The molecule has 0 bridgehead atoms. The molecule has 4 nitrogen and oxygen atoms in total. The van der Waals surface area contributed by atoms with Crippen LogP contribution < -0.4 is 4.74 Å². The lowest BCUT2D eigenvalue weighted by atomic mass is 10.0. The zero-order valence-corrected chi connectivity index (χ0v) is 19.5. The molecule has 0 atom stereocenters. The van der Waals surface area contributed by atoms with Gasteiger partial charge in [-0.05, 0) is 25.5 Å². The van der Waals surface area contributed by atoms with Crippen LogP contribution in [0.5, 0.6) is 11.5 Å². The van der Waals surface area contributed by atoms with Crippen LogP contribution in [0.25, 0.3) is 0 Å². The van der Waals surface area contributed by atoms with Gasteiger partial charge in [0.05, 0.1) is 12.3 Å². The monoisotopic (exact) mass is 419 g/mol. The molecular weight excluding hydrogens is 374 g/mol. The first-order valence-corrected chi connectivity index (χ1v) is 12.3. The van der Waals surface area contributed by atoms with Crippen LogP contribution in [-0.4, -0.2) is 22.6 Å². The Hall–Kier alpha value is -1.71. The number of rotatable bonds is 19. The minimum Gasteiger partial charge on any atom is -0.507 e. The standard InChI is InChI=1S/C26H45NO3/c1-3-4-5-6-7-8-9-10-11-12-13-14-15-16-17-18-21-30-24-19-20-25(23(2)27-29)26(28)22-24/h19-20,22,28-29H,3-18,21H2,1-2H3/b27-23-. The maximum Gasteiger partial charge on any atom is 0.128 e. The van der Waals surface area contributed by atoms with Crippen molar-refractivity contribution >= 4 is 5.71 Å². The van der Waals surface area contributed by atoms with Crippen molar-refractivity contribution in [1.82, 2.24) is 0 Å². The molecule has 0 aromatic heterocycles. The molecule has 4 heteroatoms. The van der Waals surface area contributed by atoms with Gasteiger partial charge in [0.25, 0.3) is 0 Å². The van der Waals surface area contributed by atoms with Crippen LogP contribution in [0.15, 0.2) is 23.4 Å². The van der Waals surface area contributed by atoms with Crippen molar-refractivity contribution in [1.29, 1.82) is 0 Å². The maximum atomic E-state index is 9.96. The van der Waals surface area contributed by atoms with Crippen LogP contribution in [0, 0.1) is 0 Å². The predicted molar refractivity (Wildman–Crippen MR) is 127 cm³/mol. The van der Waals surface area contributed by atoms with Gasteiger partial charge >= 0.3 is 0 Å². The highest BCUT2D eigenvalue weighted by Crippen LogP contribution is 2.24. The second kappa shape index (κ2) is 18.1. The minimum absolute atomic E-state index is 0.0785. The summed E-state index contributed by atoms with van der Waals surface area (Å²) < 4.78 is 5.71. The second-order valence-electron chi connectivity index (χ2n) is 8.52. The predicted octanol–water partition coefficient (Wildman–Crippen LogP) is 8.23. The molecule has 0 amide bonds. The summed E-state index contributed by atoms with van der Waals surface area (Å²) in [5.41, 5.74) is 0.907. The van der Waals surface area contributed by atoms with Gasteiger partial charge in [-0.3, -0.25) is 0 Å². The van der Waals surface area contributed by atoms with E-state index in [0.717, 1.165) is 6.42 Å². The highest BCUT2D eigenvalue weighted by atomic mass is 16.5. The van der Waals surface area contributed by atoms with Crippen molar-refractivity contribution in [2.45, 2.75) is 117 Å². The van der Waals surface area contributed by atoms with Gasteiger partial charge in [0.2, 0.25) is 0 Å². The number of phenols is 1. The summed E-state index contributed by atoms with van der Waals surface area (Å²) in [4.78, 5) is 0. The molecule has 172 valence electrons. The smallest absolute Gasteiger partial charge is 0.128 e. The van der Waals surface area contributed by atoms with Crippen LogP contribution >= 0.6 is 0 Å². The fourth-order valence-corrected chi connectivity index (χ4v) is 3.80. The molecule has 2 N–H and O–H groups in total. The highest BCUT2D eigenvalue weighted by molar-refractivity contribution is 6.00. The van der Waals surface area contributed by atoms with Gasteiger partial charge in [-0.25, -0.2) is 0 Å².